The zero-order valence-corrected chi connectivity index (χ0v) is 16.3. The SMILES string of the molecule is Cc1cc(C)c(NC(=O)C2CCN(C(=O)c3ccc(F)cc3F)CC2)c(C)c1. The van der Waals surface area contributed by atoms with Gasteiger partial charge in [-0.2, -0.15) is 0 Å². The molecule has 0 radical (unpaired) electrons. The molecule has 4 nitrogen and oxygen atoms in total. The fraction of sp³-hybridized carbons (Fsp3) is 0.364. The van der Waals surface area contributed by atoms with Crippen molar-refractivity contribution < 1.29 is 18.4 Å². The molecule has 28 heavy (non-hydrogen) atoms. The molecular weight excluding hydrogens is 362 g/mol. The first-order chi connectivity index (χ1) is 13.3. The van der Waals surface area contributed by atoms with E-state index in [0.29, 0.717) is 32.0 Å². The predicted octanol–water partition coefficient (Wildman–Crippen LogP) is 4.38. The van der Waals surface area contributed by atoms with E-state index in [9.17, 15) is 18.4 Å². The quantitative estimate of drug-likeness (QED) is 0.851. The number of aryl methyl sites for hydroxylation is 3. The molecule has 0 bridgehead atoms. The molecule has 148 valence electrons. The minimum Gasteiger partial charge on any atom is -0.339 e. The molecule has 1 aliphatic rings. The number of anilines is 1. The zero-order valence-electron chi connectivity index (χ0n) is 16.3. The van der Waals surface area contributed by atoms with Gasteiger partial charge in [0.1, 0.15) is 11.6 Å². The van der Waals surface area contributed by atoms with Crippen LogP contribution in [0.2, 0.25) is 0 Å². The van der Waals surface area contributed by atoms with E-state index in [-0.39, 0.29) is 17.4 Å². The number of rotatable bonds is 3. The van der Waals surface area contributed by atoms with Crippen LogP contribution in [0, 0.1) is 38.3 Å². The third-order valence-electron chi connectivity index (χ3n) is 5.24. The van der Waals surface area contributed by atoms with Crippen LogP contribution in [-0.4, -0.2) is 29.8 Å². The Morgan fingerprint density at radius 3 is 2.18 bits per heavy atom. The third-order valence-corrected chi connectivity index (χ3v) is 5.24. The summed E-state index contributed by atoms with van der Waals surface area (Å²) < 4.78 is 26.9. The van der Waals surface area contributed by atoms with Gasteiger partial charge in [0.25, 0.3) is 5.91 Å². The highest BCUT2D eigenvalue weighted by atomic mass is 19.1. The molecule has 6 heteroatoms. The molecule has 2 aromatic carbocycles. The highest BCUT2D eigenvalue weighted by Gasteiger charge is 2.29. The van der Waals surface area contributed by atoms with Gasteiger partial charge in [0, 0.05) is 30.8 Å². The minimum absolute atomic E-state index is 0.0601. The first kappa shape index (κ1) is 20.0. The second-order valence-electron chi connectivity index (χ2n) is 7.45. The summed E-state index contributed by atoms with van der Waals surface area (Å²) in [5, 5.41) is 3.02. The molecule has 2 aromatic rings. The minimum atomic E-state index is -0.866. The van der Waals surface area contributed by atoms with Crippen LogP contribution < -0.4 is 5.32 Å². The van der Waals surface area contributed by atoms with Crippen molar-refractivity contribution >= 4 is 17.5 Å². The number of piperidine rings is 1. The van der Waals surface area contributed by atoms with Crippen LogP contribution in [-0.2, 0) is 4.79 Å². The van der Waals surface area contributed by atoms with Gasteiger partial charge in [0.2, 0.25) is 5.91 Å². The number of carbonyl (C=O) groups is 2. The Labute approximate surface area is 163 Å². The van der Waals surface area contributed by atoms with Crippen molar-refractivity contribution in [3.63, 3.8) is 0 Å². The highest BCUT2D eigenvalue weighted by Crippen LogP contribution is 2.26. The second-order valence-corrected chi connectivity index (χ2v) is 7.45. The lowest BCUT2D eigenvalue weighted by atomic mass is 9.94. The van der Waals surface area contributed by atoms with Crippen molar-refractivity contribution in [2.24, 2.45) is 5.92 Å². The molecular formula is C22H24F2N2O2. The molecule has 0 saturated carbocycles. The number of nitrogens with zero attached hydrogens (tertiary/aromatic N) is 1. The Bertz CT molecular complexity index is 896. The fourth-order valence-electron chi connectivity index (χ4n) is 3.78. The van der Waals surface area contributed by atoms with E-state index in [1.54, 1.807) is 0 Å². The number of likely N-dealkylation sites (tertiary alicyclic amines) is 1. The Hall–Kier alpha value is -2.76. The van der Waals surface area contributed by atoms with E-state index in [4.69, 9.17) is 0 Å². The Morgan fingerprint density at radius 2 is 1.61 bits per heavy atom. The van der Waals surface area contributed by atoms with Crippen molar-refractivity contribution in [1.29, 1.82) is 0 Å². The Balaban J connectivity index is 1.62. The summed E-state index contributed by atoms with van der Waals surface area (Å²) in [4.78, 5) is 26.7. The van der Waals surface area contributed by atoms with Gasteiger partial charge in [0.15, 0.2) is 0 Å². The number of hydrogen-bond donors (Lipinski definition) is 1. The second kappa shape index (κ2) is 8.09. The molecule has 1 N–H and O–H groups in total. The standard InChI is InChI=1S/C22H24F2N2O2/c1-13-10-14(2)20(15(3)11-13)25-21(27)16-6-8-26(9-7-16)22(28)18-5-4-17(23)12-19(18)24/h4-5,10-12,16H,6-9H2,1-3H3,(H,25,27). The van der Waals surface area contributed by atoms with Gasteiger partial charge >= 0.3 is 0 Å². The smallest absolute Gasteiger partial charge is 0.256 e. The van der Waals surface area contributed by atoms with Crippen LogP contribution in [0.3, 0.4) is 0 Å². The number of hydrogen-bond acceptors (Lipinski definition) is 2. The predicted molar refractivity (Wildman–Crippen MR) is 104 cm³/mol. The molecule has 1 fully saturated rings. The molecule has 0 atom stereocenters. The van der Waals surface area contributed by atoms with Crippen molar-refractivity contribution in [2.75, 3.05) is 18.4 Å². The number of benzene rings is 2. The van der Waals surface area contributed by atoms with Crippen LogP contribution in [0.25, 0.3) is 0 Å². The maximum Gasteiger partial charge on any atom is 0.256 e. The number of nitrogens with one attached hydrogen (secondary N) is 1. The lowest BCUT2D eigenvalue weighted by Crippen LogP contribution is -2.41. The molecule has 1 aliphatic heterocycles. The summed E-state index contributed by atoms with van der Waals surface area (Å²) in [5.74, 6) is -2.32. The maximum absolute atomic E-state index is 13.9. The van der Waals surface area contributed by atoms with E-state index in [1.165, 1.54) is 4.90 Å². The summed E-state index contributed by atoms with van der Waals surface area (Å²) in [6.45, 7) is 6.67. The summed E-state index contributed by atoms with van der Waals surface area (Å²) in [7, 11) is 0. The molecule has 1 saturated heterocycles. The molecule has 0 spiro atoms. The van der Waals surface area contributed by atoms with Crippen LogP contribution in [0.4, 0.5) is 14.5 Å². The van der Waals surface area contributed by atoms with Crippen molar-refractivity contribution in [3.05, 3.63) is 64.2 Å². The average Bonchev–Trinajstić information content (AvgIpc) is 2.64. The van der Waals surface area contributed by atoms with Crippen LogP contribution in [0.15, 0.2) is 30.3 Å². The monoisotopic (exact) mass is 386 g/mol. The van der Waals surface area contributed by atoms with E-state index in [2.05, 4.69) is 5.32 Å². The lowest BCUT2D eigenvalue weighted by Gasteiger charge is -2.31. The summed E-state index contributed by atoms with van der Waals surface area (Å²) >= 11 is 0. The first-order valence-electron chi connectivity index (χ1n) is 9.39. The van der Waals surface area contributed by atoms with Crippen LogP contribution in [0.5, 0.6) is 0 Å². The largest absolute Gasteiger partial charge is 0.339 e. The fourth-order valence-corrected chi connectivity index (χ4v) is 3.78. The number of amides is 2. The highest BCUT2D eigenvalue weighted by molar-refractivity contribution is 5.96. The van der Waals surface area contributed by atoms with Gasteiger partial charge in [0.05, 0.1) is 5.56 Å². The average molecular weight is 386 g/mol. The molecule has 1 heterocycles. The molecule has 2 amide bonds. The summed E-state index contributed by atoms with van der Waals surface area (Å²) in [5.41, 5.74) is 3.88. The van der Waals surface area contributed by atoms with E-state index < -0.39 is 17.5 Å². The number of carbonyl (C=O) groups excluding carboxylic acids is 2. The van der Waals surface area contributed by atoms with E-state index >= 15 is 0 Å². The topological polar surface area (TPSA) is 49.4 Å². The van der Waals surface area contributed by atoms with Crippen molar-refractivity contribution in [2.45, 2.75) is 33.6 Å². The number of halogens is 2. The first-order valence-corrected chi connectivity index (χ1v) is 9.39. The third kappa shape index (κ3) is 4.21. The molecule has 0 unspecified atom stereocenters. The van der Waals surface area contributed by atoms with Gasteiger partial charge in [-0.05, 0) is 56.9 Å². The molecule has 3 rings (SSSR count). The maximum atomic E-state index is 13.9. The normalized spacial score (nSPS) is 14.8. The van der Waals surface area contributed by atoms with Gasteiger partial charge in [-0.3, -0.25) is 9.59 Å². The van der Waals surface area contributed by atoms with Crippen molar-refractivity contribution in [1.82, 2.24) is 4.90 Å². The Morgan fingerprint density at radius 1 is 1.00 bits per heavy atom. The lowest BCUT2D eigenvalue weighted by molar-refractivity contribution is -0.121. The van der Waals surface area contributed by atoms with Crippen LogP contribution >= 0.6 is 0 Å². The van der Waals surface area contributed by atoms with Crippen molar-refractivity contribution in [3.8, 4) is 0 Å². The van der Waals surface area contributed by atoms with Gasteiger partial charge in [-0.15, -0.1) is 0 Å². The van der Waals surface area contributed by atoms with Gasteiger partial charge in [-0.25, -0.2) is 8.78 Å². The van der Waals surface area contributed by atoms with Gasteiger partial charge < -0.3 is 10.2 Å². The zero-order chi connectivity index (χ0) is 20.4. The van der Waals surface area contributed by atoms with E-state index in [1.807, 2.05) is 32.9 Å². The van der Waals surface area contributed by atoms with E-state index in [0.717, 1.165) is 34.5 Å². The Kier molecular flexibility index (Phi) is 5.77. The van der Waals surface area contributed by atoms with Gasteiger partial charge in [-0.1, -0.05) is 17.7 Å². The summed E-state index contributed by atoms with van der Waals surface area (Å²) in [6.07, 6.45) is 1.01. The van der Waals surface area contributed by atoms with Crippen LogP contribution in [0.1, 0.15) is 39.9 Å². The molecule has 0 aromatic heterocycles. The summed E-state index contributed by atoms with van der Waals surface area (Å²) in [6, 6.07) is 7.00. The molecule has 0 aliphatic carbocycles.